The summed E-state index contributed by atoms with van der Waals surface area (Å²) in [6.07, 6.45) is 6.03. The highest BCUT2D eigenvalue weighted by Gasteiger charge is 2.41. The van der Waals surface area contributed by atoms with Crippen LogP contribution in [-0.4, -0.2) is 101 Å². The molecule has 0 spiro atoms. The minimum atomic E-state index is -0.849. The van der Waals surface area contributed by atoms with Gasteiger partial charge in [0.2, 0.25) is 0 Å². The molecule has 1 aromatic carbocycles. The molecule has 2 aliphatic heterocycles. The summed E-state index contributed by atoms with van der Waals surface area (Å²) >= 11 is 6.68. The highest BCUT2D eigenvalue weighted by molar-refractivity contribution is 7.80. The molecule has 0 radical (unpaired) electrons. The molecule has 1 aromatic heterocycles. The van der Waals surface area contributed by atoms with E-state index in [4.69, 9.17) is 32.4 Å². The number of aromatic nitrogens is 1. The summed E-state index contributed by atoms with van der Waals surface area (Å²) in [5.74, 6) is -0.253. The maximum atomic E-state index is 16.3. The van der Waals surface area contributed by atoms with Crippen molar-refractivity contribution >= 4 is 46.0 Å². The first-order valence-electron chi connectivity index (χ1n) is 17.4. The van der Waals surface area contributed by atoms with Crippen molar-refractivity contribution in [3.63, 3.8) is 0 Å². The Morgan fingerprint density at radius 1 is 1.02 bits per heavy atom. The van der Waals surface area contributed by atoms with Gasteiger partial charge in [-0.1, -0.05) is 31.4 Å². The Bertz CT molecular complexity index is 1520. The van der Waals surface area contributed by atoms with Gasteiger partial charge in [0.1, 0.15) is 17.0 Å². The smallest absolute Gasteiger partial charge is 0.410 e. The monoisotopic (exact) mass is 716 g/mol. The number of rotatable bonds is 8. The summed E-state index contributed by atoms with van der Waals surface area (Å²) < 4.78 is 27.8. The molecule has 2 aromatic rings. The average Bonchev–Trinajstić information content (AvgIpc) is 3.80. The third-order valence-corrected chi connectivity index (χ3v) is 11.4. The van der Waals surface area contributed by atoms with Gasteiger partial charge in [-0.3, -0.25) is 0 Å². The summed E-state index contributed by atoms with van der Waals surface area (Å²) in [4.78, 5) is 38.3. The van der Waals surface area contributed by atoms with Crippen LogP contribution in [0.4, 0.5) is 19.1 Å². The van der Waals surface area contributed by atoms with Gasteiger partial charge in [-0.25, -0.2) is 19.0 Å². The van der Waals surface area contributed by atoms with Crippen LogP contribution in [-0.2, 0) is 21.3 Å². The molecule has 49 heavy (non-hydrogen) atoms. The summed E-state index contributed by atoms with van der Waals surface area (Å²) in [5.41, 5.74) is 6.23. The third-order valence-electron chi connectivity index (χ3n) is 10.2. The predicted octanol–water partition coefficient (Wildman–Crippen LogP) is 6.69. The second kappa shape index (κ2) is 14.6. The molecule has 3 fully saturated rings. The van der Waals surface area contributed by atoms with E-state index < -0.39 is 22.7 Å². The minimum absolute atomic E-state index is 0.0304. The van der Waals surface area contributed by atoms with E-state index in [9.17, 15) is 9.59 Å². The van der Waals surface area contributed by atoms with Crippen molar-refractivity contribution in [1.29, 1.82) is 0 Å². The van der Waals surface area contributed by atoms with E-state index in [1.807, 2.05) is 51.7 Å². The lowest BCUT2D eigenvalue weighted by Crippen LogP contribution is -2.44. The van der Waals surface area contributed by atoms with Gasteiger partial charge >= 0.3 is 12.2 Å². The van der Waals surface area contributed by atoms with E-state index >= 15 is 4.39 Å². The first kappa shape index (κ1) is 37.1. The standard InChI is InChI=1S/C36H53FN6O4S2/c1-34(2,3)46-32(44)40(6)26-14-18-43(22-26)31-39-29(23-49-31)36(15-9-8-10-16-36)27-12-11-24(19-28(27)37)20-35(4,5)47-33(45)41(7)25-13-17-42(21-25)30(38)48/h11-12,19,23,25-26H,8-10,13-18,20-22H2,1-7H3,(H2,38,48). The van der Waals surface area contributed by atoms with E-state index in [0.29, 0.717) is 36.7 Å². The van der Waals surface area contributed by atoms with E-state index in [-0.39, 0.29) is 24.0 Å². The van der Waals surface area contributed by atoms with Gasteiger partial charge in [0, 0.05) is 63.1 Å². The normalized spacial score (nSPS) is 21.1. The van der Waals surface area contributed by atoms with Crippen molar-refractivity contribution in [3.05, 3.63) is 46.2 Å². The molecule has 10 nitrogen and oxygen atoms in total. The summed E-state index contributed by atoms with van der Waals surface area (Å²) in [5, 5.41) is 3.34. The Labute approximate surface area is 300 Å². The summed E-state index contributed by atoms with van der Waals surface area (Å²) in [7, 11) is 3.53. The molecule has 270 valence electrons. The number of likely N-dealkylation sites (N-methyl/N-ethyl adjacent to an activating group) is 2. The fraction of sp³-hybridized carbons (Fsp3) is 0.667. The Morgan fingerprint density at radius 2 is 1.65 bits per heavy atom. The molecule has 2 N–H and O–H groups in total. The van der Waals surface area contributed by atoms with Gasteiger partial charge in [-0.15, -0.1) is 11.3 Å². The van der Waals surface area contributed by atoms with Gasteiger partial charge in [0.25, 0.3) is 0 Å². The summed E-state index contributed by atoms with van der Waals surface area (Å²) in [6.45, 7) is 12.1. The number of amides is 2. The number of halogens is 1. The second-order valence-corrected chi connectivity index (χ2v) is 16.8. The van der Waals surface area contributed by atoms with Crippen LogP contribution in [0.2, 0.25) is 0 Å². The number of carbonyl (C=O) groups excluding carboxylic acids is 2. The number of thiazole rings is 1. The zero-order valence-corrected chi connectivity index (χ0v) is 31.7. The molecule has 2 atom stereocenters. The van der Waals surface area contributed by atoms with Gasteiger partial charge < -0.3 is 34.8 Å². The molecule has 3 aliphatic rings. The number of thiocarbonyl (C=S) groups is 1. The Balaban J connectivity index is 1.27. The molecular formula is C36H53FN6O4S2. The van der Waals surface area contributed by atoms with Crippen molar-refractivity contribution < 1.29 is 23.5 Å². The number of ether oxygens (including phenoxy) is 2. The Morgan fingerprint density at radius 3 is 2.27 bits per heavy atom. The van der Waals surface area contributed by atoms with E-state index in [2.05, 4.69) is 10.3 Å². The van der Waals surface area contributed by atoms with Crippen molar-refractivity contribution in [1.82, 2.24) is 19.7 Å². The molecule has 3 heterocycles. The van der Waals surface area contributed by atoms with Crippen LogP contribution < -0.4 is 10.6 Å². The predicted molar refractivity (Wildman–Crippen MR) is 196 cm³/mol. The largest absolute Gasteiger partial charge is 0.444 e. The second-order valence-electron chi connectivity index (χ2n) is 15.6. The molecular weight excluding hydrogens is 664 g/mol. The number of likely N-dealkylation sites (tertiary alicyclic amines) is 1. The molecule has 2 saturated heterocycles. The Kier molecular flexibility index (Phi) is 11.0. The highest BCUT2D eigenvalue weighted by Crippen LogP contribution is 2.47. The zero-order valence-electron chi connectivity index (χ0n) is 30.1. The first-order chi connectivity index (χ1) is 23.0. The highest BCUT2D eigenvalue weighted by atomic mass is 32.1. The van der Waals surface area contributed by atoms with Crippen molar-refractivity contribution in [2.45, 2.75) is 115 Å². The number of hydrogen-bond acceptors (Lipinski definition) is 8. The average molecular weight is 717 g/mol. The lowest BCUT2D eigenvalue weighted by Gasteiger charge is -2.37. The SMILES string of the molecule is CN(C(=O)OC(C)(C)C)C1CCN(c2nc(C3(c4ccc(CC(C)(C)OC(=O)N(C)C5CCN(C(N)=S)C5)cc4F)CCCCC3)cs2)C1. The van der Waals surface area contributed by atoms with E-state index in [0.717, 1.165) is 67.9 Å². The van der Waals surface area contributed by atoms with Gasteiger partial charge in [0.15, 0.2) is 10.2 Å². The number of anilines is 1. The molecule has 1 saturated carbocycles. The number of nitrogens with zero attached hydrogens (tertiary/aromatic N) is 5. The number of hydrogen-bond donors (Lipinski definition) is 1. The molecule has 5 rings (SSSR count). The molecule has 2 amide bonds. The molecule has 13 heteroatoms. The van der Waals surface area contributed by atoms with Crippen LogP contribution in [0.5, 0.6) is 0 Å². The van der Waals surface area contributed by atoms with E-state index in [1.165, 1.54) is 0 Å². The number of carbonyl (C=O) groups is 2. The maximum Gasteiger partial charge on any atom is 0.410 e. The fourth-order valence-corrected chi connectivity index (χ4v) is 8.59. The van der Waals surface area contributed by atoms with Crippen molar-refractivity contribution in [2.24, 2.45) is 5.73 Å². The molecule has 2 unspecified atom stereocenters. The quantitative estimate of drug-likeness (QED) is 0.300. The van der Waals surface area contributed by atoms with Crippen LogP contribution in [0.25, 0.3) is 0 Å². The zero-order chi connectivity index (χ0) is 35.7. The van der Waals surface area contributed by atoms with Crippen LogP contribution in [0.3, 0.4) is 0 Å². The Hall–Kier alpha value is -3.19. The molecule has 1 aliphatic carbocycles. The van der Waals surface area contributed by atoms with Crippen molar-refractivity contribution in [2.75, 3.05) is 45.2 Å². The first-order valence-corrected chi connectivity index (χ1v) is 18.7. The van der Waals surface area contributed by atoms with Crippen LogP contribution in [0, 0.1) is 5.82 Å². The third kappa shape index (κ3) is 8.58. The van der Waals surface area contributed by atoms with Crippen LogP contribution >= 0.6 is 23.6 Å². The number of benzene rings is 1. The lowest BCUT2D eigenvalue weighted by atomic mass is 9.67. The van der Waals surface area contributed by atoms with E-state index in [1.54, 1.807) is 41.3 Å². The number of nitrogens with two attached hydrogens (primary N) is 1. The van der Waals surface area contributed by atoms with Gasteiger partial charge in [0.05, 0.1) is 17.8 Å². The maximum absolute atomic E-state index is 16.3. The minimum Gasteiger partial charge on any atom is -0.444 e. The van der Waals surface area contributed by atoms with Crippen LogP contribution in [0.1, 0.15) is 96.4 Å². The van der Waals surface area contributed by atoms with Crippen LogP contribution in [0.15, 0.2) is 23.6 Å². The fourth-order valence-electron chi connectivity index (χ4n) is 7.46. The van der Waals surface area contributed by atoms with Gasteiger partial charge in [-0.05, 0) is 84.1 Å². The topological polar surface area (TPSA) is 104 Å². The van der Waals surface area contributed by atoms with Crippen molar-refractivity contribution in [3.8, 4) is 0 Å². The lowest BCUT2D eigenvalue weighted by molar-refractivity contribution is 0.0122. The molecule has 0 bridgehead atoms. The summed E-state index contributed by atoms with van der Waals surface area (Å²) in [6, 6.07) is 5.49. The van der Waals surface area contributed by atoms with Gasteiger partial charge in [-0.2, -0.15) is 0 Å².